The monoisotopic (exact) mass is 537 g/mol. The molecule has 3 atom stereocenters. The molecule has 8 nitrogen and oxygen atoms in total. The number of nitrogens with one attached hydrogen (secondary N) is 2. The summed E-state index contributed by atoms with van der Waals surface area (Å²) in [6.45, 7) is 5.49. The van der Waals surface area contributed by atoms with Crippen molar-refractivity contribution in [3.8, 4) is 0 Å². The van der Waals surface area contributed by atoms with E-state index in [9.17, 15) is 14.4 Å². The number of anilines is 1. The van der Waals surface area contributed by atoms with E-state index in [1.54, 1.807) is 0 Å². The summed E-state index contributed by atoms with van der Waals surface area (Å²) in [4.78, 5) is 44.8. The minimum Gasteiger partial charge on any atom is -0.369 e. The fraction of sp³-hybridized carbons (Fsp3) is 0.483. The minimum absolute atomic E-state index is 0.0224. The van der Waals surface area contributed by atoms with Crippen LogP contribution in [0.3, 0.4) is 0 Å². The van der Waals surface area contributed by atoms with Gasteiger partial charge < -0.3 is 15.5 Å². The Hall–Kier alpha value is -3.10. The molecule has 3 aliphatic rings. The van der Waals surface area contributed by atoms with Crippen molar-refractivity contribution in [1.82, 2.24) is 20.4 Å². The van der Waals surface area contributed by atoms with Crippen molar-refractivity contribution < 1.29 is 14.4 Å². The summed E-state index contributed by atoms with van der Waals surface area (Å²) >= 11 is 6.13. The van der Waals surface area contributed by atoms with Crippen molar-refractivity contribution in [1.29, 1.82) is 0 Å². The molecule has 1 saturated carbocycles. The topological polar surface area (TPSA) is 85.0 Å². The molecule has 1 aliphatic carbocycles. The van der Waals surface area contributed by atoms with E-state index in [1.165, 1.54) is 4.90 Å². The zero-order chi connectivity index (χ0) is 26.5. The van der Waals surface area contributed by atoms with E-state index in [0.717, 1.165) is 49.0 Å². The third-order valence-corrected chi connectivity index (χ3v) is 8.33. The van der Waals surface area contributed by atoms with E-state index >= 15 is 0 Å². The number of benzene rings is 2. The molecule has 3 unspecified atom stereocenters. The number of imide groups is 1. The predicted octanol–water partition coefficient (Wildman–Crippen LogP) is 3.16. The summed E-state index contributed by atoms with van der Waals surface area (Å²) in [5.41, 5.74) is 2.24. The van der Waals surface area contributed by atoms with E-state index in [0.29, 0.717) is 38.8 Å². The molecule has 0 radical (unpaired) electrons. The van der Waals surface area contributed by atoms with Gasteiger partial charge in [0, 0.05) is 68.5 Å². The molecule has 2 aliphatic heterocycles. The molecule has 4 amide bonds. The van der Waals surface area contributed by atoms with Gasteiger partial charge in [0.25, 0.3) is 0 Å². The van der Waals surface area contributed by atoms with Gasteiger partial charge in [-0.25, -0.2) is 4.79 Å². The smallest absolute Gasteiger partial charge is 0.324 e. The highest BCUT2D eigenvalue weighted by molar-refractivity contribution is 6.30. The Kier molecular flexibility index (Phi) is 8.49. The Bertz CT molecular complexity index is 1140. The van der Waals surface area contributed by atoms with E-state index in [2.05, 4.69) is 26.5 Å². The van der Waals surface area contributed by atoms with Crippen molar-refractivity contribution in [3.05, 3.63) is 65.2 Å². The maximum atomic E-state index is 13.1. The minimum atomic E-state index is -0.342. The quantitative estimate of drug-likeness (QED) is 0.540. The highest BCUT2D eigenvalue weighted by Gasteiger charge is 2.45. The zero-order valence-electron chi connectivity index (χ0n) is 21.7. The molecule has 38 heavy (non-hydrogen) atoms. The summed E-state index contributed by atoms with van der Waals surface area (Å²) in [6, 6.07) is 17.2. The molecule has 3 fully saturated rings. The molecular weight excluding hydrogens is 502 g/mol. The maximum absolute atomic E-state index is 13.1. The molecule has 2 heterocycles. The van der Waals surface area contributed by atoms with Crippen LogP contribution in [0.2, 0.25) is 5.02 Å². The number of amides is 4. The molecule has 2 aromatic carbocycles. The normalized spacial score (nSPS) is 24.1. The number of rotatable bonds is 8. The lowest BCUT2D eigenvalue weighted by molar-refractivity contribution is -0.139. The molecule has 2 saturated heterocycles. The van der Waals surface area contributed by atoms with Gasteiger partial charge in [0.1, 0.15) is 0 Å². The van der Waals surface area contributed by atoms with Crippen molar-refractivity contribution in [3.63, 3.8) is 0 Å². The van der Waals surface area contributed by atoms with Gasteiger partial charge in [-0.15, -0.1) is 0 Å². The Balaban J connectivity index is 1.03. The SMILES string of the molecule is O=C(NCCN1CCN(c2cccc(Cl)c2)CC1)C1CCC2C(=O)N(CCc3ccccc3)C(=O)NC2C1. The van der Waals surface area contributed by atoms with E-state index < -0.39 is 0 Å². The second-order valence-corrected chi connectivity index (χ2v) is 10.9. The zero-order valence-corrected chi connectivity index (χ0v) is 22.4. The second-order valence-electron chi connectivity index (χ2n) is 10.5. The number of piperazine rings is 1. The van der Waals surface area contributed by atoms with Crippen LogP contribution in [0, 0.1) is 11.8 Å². The van der Waals surface area contributed by atoms with Gasteiger partial charge in [0.2, 0.25) is 11.8 Å². The number of fused-ring (bicyclic) bond motifs is 1. The number of halogens is 1. The Morgan fingerprint density at radius 2 is 1.76 bits per heavy atom. The van der Waals surface area contributed by atoms with Crippen LogP contribution in [0.4, 0.5) is 10.5 Å². The molecule has 2 N–H and O–H groups in total. The molecule has 0 aromatic heterocycles. The number of hydrogen-bond acceptors (Lipinski definition) is 5. The lowest BCUT2D eigenvalue weighted by Crippen LogP contribution is -2.62. The fourth-order valence-electron chi connectivity index (χ4n) is 5.88. The third-order valence-electron chi connectivity index (χ3n) is 8.10. The van der Waals surface area contributed by atoms with Gasteiger partial charge in [0.05, 0.1) is 5.92 Å². The van der Waals surface area contributed by atoms with Crippen LogP contribution < -0.4 is 15.5 Å². The van der Waals surface area contributed by atoms with E-state index in [1.807, 2.05) is 48.5 Å². The van der Waals surface area contributed by atoms with Crippen molar-refractivity contribution in [2.45, 2.75) is 31.7 Å². The van der Waals surface area contributed by atoms with Gasteiger partial charge in [-0.1, -0.05) is 48.0 Å². The van der Waals surface area contributed by atoms with E-state index in [4.69, 9.17) is 11.6 Å². The summed E-state index contributed by atoms with van der Waals surface area (Å²) in [6.07, 6.45) is 2.44. The number of carbonyl (C=O) groups excluding carboxylic acids is 3. The standard InChI is InChI=1S/C29H36ClN5O3/c30-23-7-4-8-24(20-23)34-17-15-33(16-18-34)14-12-31-27(36)22-9-10-25-26(19-22)32-29(38)35(28(25)37)13-11-21-5-2-1-3-6-21/h1-8,20,22,25-26H,9-19H2,(H,31,36)(H,32,38). The molecule has 2 aromatic rings. The molecule has 202 valence electrons. The Labute approximate surface area is 229 Å². The van der Waals surface area contributed by atoms with Crippen LogP contribution in [0.5, 0.6) is 0 Å². The predicted molar refractivity (Wildman–Crippen MR) is 148 cm³/mol. The van der Waals surface area contributed by atoms with Crippen LogP contribution in [0.1, 0.15) is 24.8 Å². The highest BCUT2D eigenvalue weighted by Crippen LogP contribution is 2.33. The fourth-order valence-corrected chi connectivity index (χ4v) is 6.07. The first-order valence-corrected chi connectivity index (χ1v) is 14.0. The third kappa shape index (κ3) is 6.30. The van der Waals surface area contributed by atoms with Crippen molar-refractivity contribution >= 4 is 35.1 Å². The summed E-state index contributed by atoms with van der Waals surface area (Å²) in [7, 11) is 0. The lowest BCUT2D eigenvalue weighted by Gasteiger charge is -2.42. The van der Waals surface area contributed by atoms with Gasteiger partial charge in [-0.05, 0) is 49.4 Å². The molecule has 5 rings (SSSR count). The summed E-state index contributed by atoms with van der Waals surface area (Å²) in [5, 5.41) is 6.86. The van der Waals surface area contributed by atoms with E-state index in [-0.39, 0.29) is 35.7 Å². The number of carbonyl (C=O) groups is 3. The molecule has 0 bridgehead atoms. The van der Waals surface area contributed by atoms with Crippen LogP contribution >= 0.6 is 11.6 Å². The van der Waals surface area contributed by atoms with Crippen LogP contribution in [0.25, 0.3) is 0 Å². The number of urea groups is 1. The number of nitrogens with zero attached hydrogens (tertiary/aromatic N) is 3. The molecular formula is C29H36ClN5O3. The average Bonchev–Trinajstić information content (AvgIpc) is 2.93. The molecule has 9 heteroatoms. The van der Waals surface area contributed by atoms with Crippen LogP contribution in [0.15, 0.2) is 54.6 Å². The summed E-state index contributed by atoms with van der Waals surface area (Å²) in [5.74, 6) is -0.511. The van der Waals surface area contributed by atoms with Crippen LogP contribution in [-0.2, 0) is 16.0 Å². The van der Waals surface area contributed by atoms with Crippen LogP contribution in [-0.4, -0.2) is 79.5 Å². The van der Waals surface area contributed by atoms with Gasteiger partial charge in [0.15, 0.2) is 0 Å². The summed E-state index contributed by atoms with van der Waals surface area (Å²) < 4.78 is 0. The first-order valence-electron chi connectivity index (χ1n) is 13.6. The first-order chi connectivity index (χ1) is 18.5. The first kappa shape index (κ1) is 26.5. The molecule has 0 spiro atoms. The van der Waals surface area contributed by atoms with Gasteiger partial charge >= 0.3 is 6.03 Å². The Morgan fingerprint density at radius 1 is 0.974 bits per heavy atom. The average molecular weight is 538 g/mol. The maximum Gasteiger partial charge on any atom is 0.324 e. The highest BCUT2D eigenvalue weighted by atomic mass is 35.5. The second kappa shape index (κ2) is 12.2. The lowest BCUT2D eigenvalue weighted by atomic mass is 9.76. The Morgan fingerprint density at radius 3 is 2.53 bits per heavy atom. The number of hydrogen-bond donors (Lipinski definition) is 2. The van der Waals surface area contributed by atoms with Gasteiger partial charge in [-0.3, -0.25) is 19.4 Å². The largest absolute Gasteiger partial charge is 0.369 e. The van der Waals surface area contributed by atoms with Crippen molar-refractivity contribution in [2.24, 2.45) is 11.8 Å². The van der Waals surface area contributed by atoms with Gasteiger partial charge in [-0.2, -0.15) is 0 Å². The van der Waals surface area contributed by atoms with Crippen molar-refractivity contribution in [2.75, 3.05) is 50.7 Å².